The van der Waals surface area contributed by atoms with Crippen molar-refractivity contribution in [2.24, 2.45) is 5.92 Å². The molecule has 0 aromatic heterocycles. The molecule has 2 nitrogen and oxygen atoms in total. The van der Waals surface area contributed by atoms with Crippen LogP contribution in [0.1, 0.15) is 53.9 Å². The van der Waals surface area contributed by atoms with Crippen LogP contribution in [-0.2, 0) is 0 Å². The summed E-state index contributed by atoms with van der Waals surface area (Å²) in [6.45, 7) is 13.1. The molecule has 0 aromatic carbocycles. The van der Waals surface area contributed by atoms with Crippen LogP contribution >= 0.6 is 0 Å². The fraction of sp³-hybridized carbons (Fsp3) is 1.00. The molecule has 96 valence electrons. The van der Waals surface area contributed by atoms with E-state index in [-0.39, 0.29) is 0 Å². The summed E-state index contributed by atoms with van der Waals surface area (Å²) in [4.78, 5) is 2.74. The zero-order chi connectivity index (χ0) is 12.3. The van der Waals surface area contributed by atoms with Crippen molar-refractivity contribution in [1.82, 2.24) is 10.2 Å². The van der Waals surface area contributed by atoms with Crippen molar-refractivity contribution in [2.45, 2.75) is 71.5 Å². The molecular weight excluding hydrogens is 196 g/mol. The third-order valence-corrected chi connectivity index (χ3v) is 5.16. The quantitative estimate of drug-likeness (QED) is 0.793. The third-order valence-electron chi connectivity index (χ3n) is 5.16. The van der Waals surface area contributed by atoms with Gasteiger partial charge in [-0.3, -0.25) is 4.90 Å². The summed E-state index contributed by atoms with van der Waals surface area (Å²) in [5, 5.41) is 3.47. The van der Waals surface area contributed by atoms with Gasteiger partial charge in [0.2, 0.25) is 0 Å². The Morgan fingerprint density at radius 2 is 1.81 bits per heavy atom. The van der Waals surface area contributed by atoms with Crippen molar-refractivity contribution in [3.8, 4) is 0 Å². The Kier molecular flexibility index (Phi) is 4.81. The second-order valence-electron chi connectivity index (χ2n) is 5.68. The average Bonchev–Trinajstić information content (AvgIpc) is 2.31. The predicted molar refractivity (Wildman–Crippen MR) is 71.8 cm³/mol. The average molecular weight is 226 g/mol. The standard InChI is InChI=1S/C14H30N2/c1-7-14(5,8-2)16-10-9-13(15-6)11(3)12(16)4/h11-13,15H,7-10H2,1-6H3. The molecule has 1 saturated heterocycles. The van der Waals surface area contributed by atoms with Crippen molar-refractivity contribution in [1.29, 1.82) is 0 Å². The van der Waals surface area contributed by atoms with E-state index in [4.69, 9.17) is 0 Å². The highest BCUT2D eigenvalue weighted by Crippen LogP contribution is 2.33. The van der Waals surface area contributed by atoms with Gasteiger partial charge in [-0.1, -0.05) is 20.8 Å². The van der Waals surface area contributed by atoms with E-state index in [0.29, 0.717) is 17.6 Å². The van der Waals surface area contributed by atoms with Gasteiger partial charge in [0.15, 0.2) is 0 Å². The SMILES string of the molecule is CCC(C)(CC)N1CCC(NC)C(C)C1C. The molecule has 0 amide bonds. The van der Waals surface area contributed by atoms with E-state index in [9.17, 15) is 0 Å². The van der Waals surface area contributed by atoms with Gasteiger partial charge in [0.25, 0.3) is 0 Å². The summed E-state index contributed by atoms with van der Waals surface area (Å²) < 4.78 is 0. The van der Waals surface area contributed by atoms with Crippen LogP contribution in [0, 0.1) is 5.92 Å². The first kappa shape index (κ1) is 14.0. The number of nitrogens with one attached hydrogen (secondary N) is 1. The zero-order valence-corrected chi connectivity index (χ0v) is 12.0. The molecule has 0 spiro atoms. The number of hydrogen-bond donors (Lipinski definition) is 1. The van der Waals surface area contributed by atoms with E-state index in [1.807, 2.05) is 0 Å². The topological polar surface area (TPSA) is 15.3 Å². The Bertz CT molecular complexity index is 211. The Labute approximate surface area is 102 Å². The summed E-state index contributed by atoms with van der Waals surface area (Å²) in [6, 6.07) is 1.39. The minimum Gasteiger partial charge on any atom is -0.317 e. The maximum atomic E-state index is 3.47. The maximum absolute atomic E-state index is 3.47. The molecule has 2 heteroatoms. The van der Waals surface area contributed by atoms with Crippen LogP contribution in [0.2, 0.25) is 0 Å². The van der Waals surface area contributed by atoms with Crippen LogP contribution in [0.25, 0.3) is 0 Å². The number of piperidine rings is 1. The molecule has 1 heterocycles. The van der Waals surface area contributed by atoms with Crippen molar-refractivity contribution in [2.75, 3.05) is 13.6 Å². The lowest BCUT2D eigenvalue weighted by molar-refractivity contribution is -0.00760. The molecular formula is C14H30N2. The van der Waals surface area contributed by atoms with Crippen LogP contribution in [0.4, 0.5) is 0 Å². The molecule has 0 aliphatic carbocycles. The van der Waals surface area contributed by atoms with E-state index < -0.39 is 0 Å². The van der Waals surface area contributed by atoms with Crippen molar-refractivity contribution in [3.05, 3.63) is 0 Å². The highest BCUT2D eigenvalue weighted by molar-refractivity contribution is 4.95. The van der Waals surface area contributed by atoms with Gasteiger partial charge in [0, 0.05) is 24.2 Å². The number of likely N-dealkylation sites (tertiary alicyclic amines) is 1. The summed E-state index contributed by atoms with van der Waals surface area (Å²) in [5.41, 5.74) is 0.395. The fourth-order valence-electron chi connectivity index (χ4n) is 3.19. The number of rotatable bonds is 4. The molecule has 1 aliphatic rings. The molecule has 0 saturated carbocycles. The molecule has 3 unspecified atom stereocenters. The Morgan fingerprint density at radius 3 is 2.25 bits per heavy atom. The van der Waals surface area contributed by atoms with Crippen LogP contribution in [0.15, 0.2) is 0 Å². The van der Waals surface area contributed by atoms with E-state index in [2.05, 4.69) is 51.9 Å². The lowest BCUT2D eigenvalue weighted by Gasteiger charge is -2.51. The molecule has 0 aromatic rings. The van der Waals surface area contributed by atoms with Crippen LogP contribution in [0.5, 0.6) is 0 Å². The highest BCUT2D eigenvalue weighted by atomic mass is 15.2. The smallest absolute Gasteiger partial charge is 0.0179 e. The monoisotopic (exact) mass is 226 g/mol. The third kappa shape index (κ3) is 2.43. The molecule has 1 aliphatic heterocycles. The number of nitrogens with zero attached hydrogens (tertiary/aromatic N) is 1. The molecule has 1 N–H and O–H groups in total. The molecule has 1 fully saturated rings. The lowest BCUT2D eigenvalue weighted by Crippen LogP contribution is -2.59. The first-order valence-corrected chi connectivity index (χ1v) is 6.94. The van der Waals surface area contributed by atoms with Crippen LogP contribution in [0.3, 0.4) is 0 Å². The summed E-state index contributed by atoms with van der Waals surface area (Å²) in [5.74, 6) is 0.746. The zero-order valence-electron chi connectivity index (χ0n) is 12.0. The first-order chi connectivity index (χ1) is 7.50. The van der Waals surface area contributed by atoms with Gasteiger partial charge in [-0.25, -0.2) is 0 Å². The summed E-state index contributed by atoms with van der Waals surface area (Å²) >= 11 is 0. The minimum absolute atomic E-state index is 0.395. The van der Waals surface area contributed by atoms with Crippen LogP contribution in [-0.4, -0.2) is 36.1 Å². The van der Waals surface area contributed by atoms with Crippen molar-refractivity contribution >= 4 is 0 Å². The van der Waals surface area contributed by atoms with Gasteiger partial charge in [-0.05, 0) is 46.1 Å². The summed E-state index contributed by atoms with van der Waals surface area (Å²) in [6.07, 6.45) is 3.80. The van der Waals surface area contributed by atoms with Crippen molar-refractivity contribution < 1.29 is 0 Å². The van der Waals surface area contributed by atoms with E-state index in [0.717, 1.165) is 5.92 Å². The minimum atomic E-state index is 0.395. The van der Waals surface area contributed by atoms with Gasteiger partial charge in [-0.15, -0.1) is 0 Å². The summed E-state index contributed by atoms with van der Waals surface area (Å²) in [7, 11) is 2.10. The Morgan fingerprint density at radius 1 is 1.25 bits per heavy atom. The molecule has 0 bridgehead atoms. The first-order valence-electron chi connectivity index (χ1n) is 6.94. The van der Waals surface area contributed by atoms with Gasteiger partial charge < -0.3 is 5.32 Å². The Balaban J connectivity index is 2.77. The van der Waals surface area contributed by atoms with Crippen LogP contribution < -0.4 is 5.32 Å². The lowest BCUT2D eigenvalue weighted by atomic mass is 9.81. The van der Waals surface area contributed by atoms with Gasteiger partial charge in [-0.2, -0.15) is 0 Å². The normalized spacial score (nSPS) is 33.0. The maximum Gasteiger partial charge on any atom is 0.0179 e. The van der Waals surface area contributed by atoms with E-state index in [1.165, 1.54) is 25.8 Å². The molecule has 0 radical (unpaired) electrons. The predicted octanol–water partition coefficient (Wildman–Crippen LogP) is 2.88. The largest absolute Gasteiger partial charge is 0.317 e. The second-order valence-corrected chi connectivity index (χ2v) is 5.68. The molecule has 3 atom stereocenters. The Hall–Kier alpha value is -0.0800. The second kappa shape index (κ2) is 5.50. The van der Waals surface area contributed by atoms with Gasteiger partial charge >= 0.3 is 0 Å². The fourth-order valence-corrected chi connectivity index (χ4v) is 3.19. The van der Waals surface area contributed by atoms with E-state index >= 15 is 0 Å². The van der Waals surface area contributed by atoms with Crippen molar-refractivity contribution in [3.63, 3.8) is 0 Å². The van der Waals surface area contributed by atoms with E-state index in [1.54, 1.807) is 0 Å². The number of hydrogen-bond acceptors (Lipinski definition) is 2. The van der Waals surface area contributed by atoms with Gasteiger partial charge in [0.05, 0.1) is 0 Å². The molecule has 16 heavy (non-hydrogen) atoms. The highest BCUT2D eigenvalue weighted by Gasteiger charge is 2.39. The molecule has 1 rings (SSSR count). The van der Waals surface area contributed by atoms with Gasteiger partial charge in [0.1, 0.15) is 0 Å².